The number of hydrogen-bond acceptors (Lipinski definition) is 2. The van der Waals surface area contributed by atoms with Crippen molar-refractivity contribution in [2.24, 2.45) is 0 Å². The fourth-order valence-corrected chi connectivity index (χ4v) is 2.20. The van der Waals surface area contributed by atoms with Gasteiger partial charge in [0.25, 0.3) is 5.91 Å². The minimum Gasteiger partial charge on any atom is -0.335 e. The first-order chi connectivity index (χ1) is 9.97. The smallest absolute Gasteiger partial charge is 0.294 e. The molecular weight excluding hydrogens is 330 g/mol. The number of ketones is 1. The molecule has 0 aliphatic heterocycles. The largest absolute Gasteiger partial charge is 0.335 e. The number of Topliss-reactive ketones (excluding diaryl/α,β-unsaturated/α-hetero) is 1. The van der Waals surface area contributed by atoms with E-state index in [2.05, 4.69) is 15.9 Å². The topological polar surface area (TPSA) is 37.4 Å². The van der Waals surface area contributed by atoms with Gasteiger partial charge in [-0.2, -0.15) is 0 Å². The number of amides is 1. The molecule has 0 radical (unpaired) electrons. The monoisotopic (exact) mass is 345 g/mol. The number of carbonyl (C=O) groups is 2. The Morgan fingerprint density at radius 1 is 1.00 bits per heavy atom. The van der Waals surface area contributed by atoms with E-state index in [-0.39, 0.29) is 0 Å². The van der Waals surface area contributed by atoms with Gasteiger partial charge in [-0.05, 0) is 24.6 Å². The lowest BCUT2D eigenvalue weighted by molar-refractivity contribution is -0.125. The van der Waals surface area contributed by atoms with Crippen LogP contribution in [0.5, 0.6) is 0 Å². The summed E-state index contributed by atoms with van der Waals surface area (Å²) in [6, 6.07) is 14.7. The zero-order valence-electron chi connectivity index (χ0n) is 12.0. The van der Waals surface area contributed by atoms with Gasteiger partial charge in [0.05, 0.1) is 0 Å². The molecule has 0 aromatic heterocycles. The summed E-state index contributed by atoms with van der Waals surface area (Å²) in [6.45, 7) is 2.35. The van der Waals surface area contributed by atoms with Gasteiger partial charge in [0.15, 0.2) is 0 Å². The van der Waals surface area contributed by atoms with Gasteiger partial charge >= 0.3 is 0 Å². The molecule has 0 saturated carbocycles. The fraction of sp³-hybridized carbons (Fsp3) is 0.176. The minimum atomic E-state index is -0.498. The number of hydrogen-bond donors (Lipinski definition) is 0. The molecule has 2 aromatic rings. The highest BCUT2D eigenvalue weighted by Gasteiger charge is 2.20. The third-order valence-corrected chi connectivity index (χ3v) is 3.72. The van der Waals surface area contributed by atoms with Crippen molar-refractivity contribution >= 4 is 27.6 Å². The molecule has 108 valence electrons. The quantitative estimate of drug-likeness (QED) is 0.627. The molecular formula is C17H16BrNO2. The predicted octanol–water partition coefficient (Wildman–Crippen LogP) is 3.60. The van der Waals surface area contributed by atoms with E-state index in [0.29, 0.717) is 12.1 Å². The van der Waals surface area contributed by atoms with Crippen LogP contribution in [-0.4, -0.2) is 23.6 Å². The summed E-state index contributed by atoms with van der Waals surface area (Å²) < 4.78 is 0.982. The van der Waals surface area contributed by atoms with E-state index in [0.717, 1.165) is 15.6 Å². The summed E-state index contributed by atoms with van der Waals surface area (Å²) in [5, 5.41) is 0. The molecule has 3 nitrogen and oxygen atoms in total. The molecule has 0 saturated heterocycles. The van der Waals surface area contributed by atoms with Crippen molar-refractivity contribution in [1.29, 1.82) is 0 Å². The number of nitrogens with zero attached hydrogens (tertiary/aromatic N) is 1. The van der Waals surface area contributed by atoms with E-state index in [1.165, 1.54) is 4.90 Å². The third kappa shape index (κ3) is 4.02. The van der Waals surface area contributed by atoms with Crippen LogP contribution in [0.15, 0.2) is 53.0 Å². The van der Waals surface area contributed by atoms with Crippen LogP contribution >= 0.6 is 15.9 Å². The highest BCUT2D eigenvalue weighted by atomic mass is 79.9. The van der Waals surface area contributed by atoms with Crippen LogP contribution in [-0.2, 0) is 11.3 Å². The molecule has 2 rings (SSSR count). The third-order valence-electron chi connectivity index (χ3n) is 3.19. The maximum atomic E-state index is 12.2. The Bertz CT molecular complexity index is 647. The van der Waals surface area contributed by atoms with Crippen molar-refractivity contribution < 1.29 is 9.59 Å². The first-order valence-corrected chi connectivity index (χ1v) is 7.37. The van der Waals surface area contributed by atoms with E-state index in [1.54, 1.807) is 19.2 Å². The standard InChI is InChI=1S/C17H16BrNO2/c1-12-3-7-14(8-4-12)16(20)17(21)19(2)11-13-5-9-15(18)10-6-13/h3-10H,11H2,1-2H3. The van der Waals surface area contributed by atoms with E-state index in [9.17, 15) is 9.59 Å². The summed E-state index contributed by atoms with van der Waals surface area (Å²) >= 11 is 3.37. The molecule has 2 aromatic carbocycles. The minimum absolute atomic E-state index is 0.406. The highest BCUT2D eigenvalue weighted by Crippen LogP contribution is 2.12. The number of rotatable bonds is 4. The molecule has 0 N–H and O–H groups in total. The lowest BCUT2D eigenvalue weighted by Crippen LogP contribution is -2.32. The second-order valence-electron chi connectivity index (χ2n) is 4.98. The van der Waals surface area contributed by atoms with Gasteiger partial charge < -0.3 is 4.90 Å². The van der Waals surface area contributed by atoms with Gasteiger partial charge in [-0.3, -0.25) is 9.59 Å². The Morgan fingerprint density at radius 2 is 1.57 bits per heavy atom. The second-order valence-corrected chi connectivity index (χ2v) is 5.90. The molecule has 0 heterocycles. The van der Waals surface area contributed by atoms with Crippen molar-refractivity contribution in [1.82, 2.24) is 4.90 Å². The predicted molar refractivity (Wildman–Crippen MR) is 86.1 cm³/mol. The van der Waals surface area contributed by atoms with Crippen LogP contribution in [0.1, 0.15) is 21.5 Å². The number of benzene rings is 2. The normalized spacial score (nSPS) is 10.2. The molecule has 0 spiro atoms. The molecule has 0 aliphatic rings. The van der Waals surface area contributed by atoms with Gasteiger partial charge in [-0.15, -0.1) is 0 Å². The average Bonchev–Trinajstić information content (AvgIpc) is 2.49. The molecule has 0 unspecified atom stereocenters. The van der Waals surface area contributed by atoms with Crippen LogP contribution in [0.2, 0.25) is 0 Å². The van der Waals surface area contributed by atoms with Crippen LogP contribution in [0.3, 0.4) is 0 Å². The Balaban J connectivity index is 2.06. The van der Waals surface area contributed by atoms with Gasteiger partial charge in [0.1, 0.15) is 0 Å². The van der Waals surface area contributed by atoms with E-state index >= 15 is 0 Å². The maximum Gasteiger partial charge on any atom is 0.294 e. The molecule has 0 bridgehead atoms. The lowest BCUT2D eigenvalue weighted by atomic mass is 10.1. The molecule has 1 amide bonds. The maximum absolute atomic E-state index is 12.2. The van der Waals surface area contributed by atoms with Crippen LogP contribution in [0, 0.1) is 6.92 Å². The molecule has 0 aliphatic carbocycles. The van der Waals surface area contributed by atoms with Gasteiger partial charge in [0.2, 0.25) is 5.78 Å². The molecule has 4 heteroatoms. The van der Waals surface area contributed by atoms with Crippen molar-refractivity contribution in [3.63, 3.8) is 0 Å². The Morgan fingerprint density at radius 3 is 2.14 bits per heavy atom. The lowest BCUT2D eigenvalue weighted by Gasteiger charge is -2.16. The molecule has 21 heavy (non-hydrogen) atoms. The van der Waals surface area contributed by atoms with Crippen LogP contribution in [0.25, 0.3) is 0 Å². The van der Waals surface area contributed by atoms with Gasteiger partial charge in [0, 0.05) is 23.6 Å². The van der Waals surface area contributed by atoms with Gasteiger partial charge in [-0.25, -0.2) is 0 Å². The Hall–Kier alpha value is -1.94. The van der Waals surface area contributed by atoms with Crippen molar-refractivity contribution in [3.8, 4) is 0 Å². The fourth-order valence-electron chi connectivity index (χ4n) is 1.94. The van der Waals surface area contributed by atoms with E-state index in [1.807, 2.05) is 43.3 Å². The highest BCUT2D eigenvalue weighted by molar-refractivity contribution is 9.10. The van der Waals surface area contributed by atoms with Gasteiger partial charge in [-0.1, -0.05) is 57.9 Å². The SMILES string of the molecule is Cc1ccc(C(=O)C(=O)N(C)Cc2ccc(Br)cc2)cc1. The first kappa shape index (κ1) is 15.4. The number of aryl methyl sites for hydroxylation is 1. The number of halogens is 1. The van der Waals surface area contributed by atoms with E-state index in [4.69, 9.17) is 0 Å². The van der Waals surface area contributed by atoms with Crippen molar-refractivity contribution in [2.75, 3.05) is 7.05 Å². The second kappa shape index (κ2) is 6.68. The Labute approximate surface area is 132 Å². The summed E-state index contributed by atoms with van der Waals surface area (Å²) in [5.74, 6) is -0.976. The van der Waals surface area contributed by atoms with E-state index < -0.39 is 11.7 Å². The average molecular weight is 346 g/mol. The summed E-state index contributed by atoms with van der Waals surface area (Å²) in [6.07, 6.45) is 0. The van der Waals surface area contributed by atoms with Crippen LogP contribution < -0.4 is 0 Å². The zero-order valence-corrected chi connectivity index (χ0v) is 13.6. The molecule has 0 fully saturated rings. The van der Waals surface area contributed by atoms with Crippen molar-refractivity contribution in [2.45, 2.75) is 13.5 Å². The molecule has 0 atom stereocenters. The zero-order chi connectivity index (χ0) is 15.4. The summed E-state index contributed by atoms with van der Waals surface area (Å²) in [5.41, 5.74) is 2.46. The van der Waals surface area contributed by atoms with Crippen LogP contribution in [0.4, 0.5) is 0 Å². The first-order valence-electron chi connectivity index (χ1n) is 6.58. The number of carbonyl (C=O) groups excluding carboxylic acids is 2. The Kier molecular flexibility index (Phi) is 4.91. The van der Waals surface area contributed by atoms with Crippen molar-refractivity contribution in [3.05, 3.63) is 69.7 Å². The number of likely N-dealkylation sites (N-methyl/N-ethyl adjacent to an activating group) is 1. The summed E-state index contributed by atoms with van der Waals surface area (Å²) in [4.78, 5) is 25.7. The summed E-state index contributed by atoms with van der Waals surface area (Å²) in [7, 11) is 1.64.